The van der Waals surface area contributed by atoms with Crippen molar-refractivity contribution in [1.29, 1.82) is 0 Å². The van der Waals surface area contributed by atoms with Gasteiger partial charge in [0, 0.05) is 17.3 Å². The summed E-state index contributed by atoms with van der Waals surface area (Å²) in [5, 5.41) is 3.61. The van der Waals surface area contributed by atoms with E-state index in [1.54, 1.807) is 18.2 Å². The van der Waals surface area contributed by atoms with Crippen LogP contribution in [0.2, 0.25) is 0 Å². The fraction of sp³-hybridized carbons (Fsp3) is 0.0625. The lowest BCUT2D eigenvalue weighted by molar-refractivity contribution is 0.402. The summed E-state index contributed by atoms with van der Waals surface area (Å²) in [6, 6.07) is 11.2. The van der Waals surface area contributed by atoms with Gasteiger partial charge >= 0.3 is 0 Å². The second kappa shape index (κ2) is 6.32. The van der Waals surface area contributed by atoms with Gasteiger partial charge in [-0.1, -0.05) is 5.16 Å². The van der Waals surface area contributed by atoms with Crippen LogP contribution in [-0.4, -0.2) is 20.7 Å². The first-order valence-corrected chi connectivity index (χ1v) is 8.35. The van der Waals surface area contributed by atoms with Gasteiger partial charge in [0.15, 0.2) is 5.76 Å². The molecule has 24 heavy (non-hydrogen) atoms. The fourth-order valence-electron chi connectivity index (χ4n) is 2.14. The molecule has 0 radical (unpaired) electrons. The SMILES string of the molecule is COc1cc(-c2ccno2)ccc1S(=O)(=O)Nc1ccc(F)cc1. The number of nitrogens with one attached hydrogen (secondary N) is 1. The molecule has 1 N–H and O–H groups in total. The summed E-state index contributed by atoms with van der Waals surface area (Å²) in [6.45, 7) is 0. The topological polar surface area (TPSA) is 81.4 Å². The lowest BCUT2D eigenvalue weighted by atomic mass is 10.1. The Hall–Kier alpha value is -2.87. The zero-order valence-electron chi connectivity index (χ0n) is 12.6. The zero-order chi connectivity index (χ0) is 17.2. The number of aromatic nitrogens is 1. The number of nitrogens with zero attached hydrogens (tertiary/aromatic N) is 1. The van der Waals surface area contributed by atoms with E-state index in [0.717, 1.165) is 0 Å². The maximum atomic E-state index is 12.9. The van der Waals surface area contributed by atoms with Crippen molar-refractivity contribution in [3.63, 3.8) is 0 Å². The van der Waals surface area contributed by atoms with E-state index < -0.39 is 15.8 Å². The van der Waals surface area contributed by atoms with E-state index in [9.17, 15) is 12.8 Å². The average Bonchev–Trinajstić information content (AvgIpc) is 3.11. The molecule has 0 atom stereocenters. The monoisotopic (exact) mass is 348 g/mol. The summed E-state index contributed by atoms with van der Waals surface area (Å²) in [4.78, 5) is -0.0439. The van der Waals surface area contributed by atoms with Gasteiger partial charge < -0.3 is 9.26 Å². The van der Waals surface area contributed by atoms with Crippen LogP contribution in [0.5, 0.6) is 5.75 Å². The molecule has 3 aromatic rings. The van der Waals surface area contributed by atoms with E-state index in [0.29, 0.717) is 11.3 Å². The van der Waals surface area contributed by atoms with E-state index in [1.165, 1.54) is 43.6 Å². The molecular weight excluding hydrogens is 335 g/mol. The third kappa shape index (κ3) is 3.23. The minimum absolute atomic E-state index is 0.0439. The van der Waals surface area contributed by atoms with Crippen molar-refractivity contribution in [2.24, 2.45) is 0 Å². The molecule has 0 spiro atoms. The van der Waals surface area contributed by atoms with Crippen LogP contribution in [0.15, 0.2) is 64.1 Å². The van der Waals surface area contributed by atoms with Gasteiger partial charge in [0.1, 0.15) is 16.5 Å². The highest BCUT2D eigenvalue weighted by atomic mass is 32.2. The van der Waals surface area contributed by atoms with Gasteiger partial charge in [-0.05, 0) is 42.5 Å². The van der Waals surface area contributed by atoms with Gasteiger partial charge in [0.05, 0.1) is 13.3 Å². The maximum absolute atomic E-state index is 12.9. The van der Waals surface area contributed by atoms with Crippen molar-refractivity contribution in [3.05, 3.63) is 60.5 Å². The molecule has 1 aromatic heterocycles. The van der Waals surface area contributed by atoms with E-state index in [2.05, 4.69) is 9.88 Å². The Bertz CT molecular complexity index is 939. The highest BCUT2D eigenvalue weighted by Crippen LogP contribution is 2.31. The van der Waals surface area contributed by atoms with Gasteiger partial charge in [-0.3, -0.25) is 4.72 Å². The Kier molecular flexibility index (Phi) is 4.22. The number of hydrogen-bond acceptors (Lipinski definition) is 5. The molecule has 8 heteroatoms. The normalized spacial score (nSPS) is 11.2. The third-order valence-corrected chi connectivity index (χ3v) is 4.69. The molecule has 2 aromatic carbocycles. The summed E-state index contributed by atoms with van der Waals surface area (Å²) in [7, 11) is -2.53. The number of benzene rings is 2. The predicted molar refractivity (Wildman–Crippen MR) is 85.7 cm³/mol. The van der Waals surface area contributed by atoms with E-state index in [4.69, 9.17) is 9.26 Å². The molecule has 3 rings (SSSR count). The maximum Gasteiger partial charge on any atom is 0.265 e. The van der Waals surface area contributed by atoms with Crippen LogP contribution in [0, 0.1) is 5.82 Å². The van der Waals surface area contributed by atoms with Crippen molar-refractivity contribution < 1.29 is 22.1 Å². The van der Waals surface area contributed by atoms with Crippen molar-refractivity contribution in [2.75, 3.05) is 11.8 Å². The summed E-state index contributed by atoms with van der Waals surface area (Å²) >= 11 is 0. The number of methoxy groups -OCH3 is 1. The predicted octanol–water partition coefficient (Wildman–Crippen LogP) is 3.29. The van der Waals surface area contributed by atoms with Crippen LogP contribution in [0.25, 0.3) is 11.3 Å². The van der Waals surface area contributed by atoms with Gasteiger partial charge in [0.2, 0.25) is 0 Å². The molecule has 0 amide bonds. The van der Waals surface area contributed by atoms with E-state index >= 15 is 0 Å². The first-order chi connectivity index (χ1) is 11.5. The molecule has 0 aliphatic heterocycles. The van der Waals surface area contributed by atoms with Gasteiger partial charge in [0.25, 0.3) is 10.0 Å². The summed E-state index contributed by atoms with van der Waals surface area (Å²) in [5.74, 6) is 0.189. The van der Waals surface area contributed by atoms with Crippen molar-refractivity contribution in [2.45, 2.75) is 4.90 Å². The first kappa shape index (κ1) is 16.0. The highest BCUT2D eigenvalue weighted by molar-refractivity contribution is 7.92. The van der Waals surface area contributed by atoms with Crippen LogP contribution < -0.4 is 9.46 Å². The second-order valence-electron chi connectivity index (χ2n) is 4.85. The Morgan fingerprint density at radius 1 is 1.12 bits per heavy atom. The van der Waals surface area contributed by atoms with Crippen molar-refractivity contribution in [1.82, 2.24) is 5.16 Å². The largest absolute Gasteiger partial charge is 0.495 e. The van der Waals surface area contributed by atoms with Crippen LogP contribution in [0.3, 0.4) is 0 Å². The summed E-state index contributed by atoms with van der Waals surface area (Å²) in [5.41, 5.74) is 0.878. The fourth-order valence-corrected chi connectivity index (χ4v) is 3.35. The average molecular weight is 348 g/mol. The third-order valence-electron chi connectivity index (χ3n) is 3.27. The molecule has 0 bridgehead atoms. The number of sulfonamides is 1. The minimum Gasteiger partial charge on any atom is -0.495 e. The minimum atomic E-state index is -3.90. The standard InChI is InChI=1S/C16H13FN2O4S/c1-22-15-10-11(14-8-9-18-23-14)2-7-16(15)24(20,21)19-13-5-3-12(17)4-6-13/h2-10,19H,1H3. The number of ether oxygens (including phenoxy) is 1. The van der Waals surface area contributed by atoms with Gasteiger partial charge in [-0.2, -0.15) is 0 Å². The van der Waals surface area contributed by atoms with Crippen LogP contribution >= 0.6 is 0 Å². The van der Waals surface area contributed by atoms with E-state index in [1.807, 2.05) is 0 Å². The molecule has 1 heterocycles. The molecule has 0 unspecified atom stereocenters. The highest BCUT2D eigenvalue weighted by Gasteiger charge is 2.21. The summed E-state index contributed by atoms with van der Waals surface area (Å²) < 4.78 is 50.6. The van der Waals surface area contributed by atoms with Gasteiger partial charge in [-0.25, -0.2) is 12.8 Å². The smallest absolute Gasteiger partial charge is 0.265 e. The number of anilines is 1. The molecule has 0 fully saturated rings. The number of hydrogen-bond donors (Lipinski definition) is 1. The van der Waals surface area contributed by atoms with Gasteiger partial charge in [-0.15, -0.1) is 0 Å². The van der Waals surface area contributed by atoms with Crippen LogP contribution in [-0.2, 0) is 10.0 Å². The number of halogens is 1. The molecule has 124 valence electrons. The molecular formula is C16H13FN2O4S. The van der Waals surface area contributed by atoms with Crippen molar-refractivity contribution >= 4 is 15.7 Å². The quantitative estimate of drug-likeness (QED) is 0.765. The van der Waals surface area contributed by atoms with Crippen LogP contribution in [0.1, 0.15) is 0 Å². The molecule has 0 saturated heterocycles. The lowest BCUT2D eigenvalue weighted by Crippen LogP contribution is -2.14. The van der Waals surface area contributed by atoms with E-state index in [-0.39, 0.29) is 16.3 Å². The molecule has 0 aliphatic rings. The Morgan fingerprint density at radius 2 is 1.88 bits per heavy atom. The Labute approximate surface area is 137 Å². The first-order valence-electron chi connectivity index (χ1n) is 6.87. The second-order valence-corrected chi connectivity index (χ2v) is 6.51. The zero-order valence-corrected chi connectivity index (χ0v) is 13.4. The molecule has 6 nitrogen and oxygen atoms in total. The Morgan fingerprint density at radius 3 is 2.50 bits per heavy atom. The Balaban J connectivity index is 1.96. The number of rotatable bonds is 5. The molecule has 0 aliphatic carbocycles. The lowest BCUT2D eigenvalue weighted by Gasteiger charge is -2.12. The van der Waals surface area contributed by atoms with Crippen molar-refractivity contribution in [3.8, 4) is 17.1 Å². The molecule has 0 saturated carbocycles. The van der Waals surface area contributed by atoms with Crippen LogP contribution in [0.4, 0.5) is 10.1 Å². The summed E-state index contributed by atoms with van der Waals surface area (Å²) in [6.07, 6.45) is 1.49.